The van der Waals surface area contributed by atoms with Gasteiger partial charge in [0, 0.05) is 18.9 Å². The normalized spacial score (nSPS) is 10.5. The molecule has 0 saturated heterocycles. The van der Waals surface area contributed by atoms with E-state index in [1.807, 2.05) is 37.5 Å². The van der Waals surface area contributed by atoms with Crippen molar-refractivity contribution >= 4 is 5.97 Å². The fraction of sp³-hybridized carbons (Fsp3) is 0.333. The number of aromatic nitrogens is 2. The van der Waals surface area contributed by atoms with Crippen LogP contribution in [0.1, 0.15) is 17.0 Å². The van der Waals surface area contributed by atoms with Gasteiger partial charge in [0.05, 0.1) is 20.1 Å². The number of carbonyl (C=O) groups excluding carboxylic acids is 1. The second-order valence-electron chi connectivity index (χ2n) is 4.52. The van der Waals surface area contributed by atoms with Crippen LogP contribution in [0.3, 0.4) is 0 Å². The molecule has 0 fully saturated rings. The van der Waals surface area contributed by atoms with Crippen molar-refractivity contribution in [2.24, 2.45) is 0 Å². The summed E-state index contributed by atoms with van der Waals surface area (Å²) in [5, 5.41) is 3.09. The average molecular weight is 273 g/mol. The highest BCUT2D eigenvalue weighted by Gasteiger charge is 2.09. The van der Waals surface area contributed by atoms with E-state index in [4.69, 9.17) is 4.74 Å². The van der Waals surface area contributed by atoms with E-state index in [-0.39, 0.29) is 5.97 Å². The van der Waals surface area contributed by atoms with Crippen LogP contribution in [-0.4, -0.2) is 29.7 Å². The van der Waals surface area contributed by atoms with Crippen LogP contribution in [0.15, 0.2) is 36.7 Å². The quantitative estimate of drug-likeness (QED) is 0.808. The summed E-state index contributed by atoms with van der Waals surface area (Å²) in [7, 11) is 3.30. The molecule has 0 amide bonds. The minimum atomic E-state index is -0.224. The van der Waals surface area contributed by atoms with E-state index in [0.29, 0.717) is 19.5 Å². The van der Waals surface area contributed by atoms with Crippen LogP contribution in [0.4, 0.5) is 0 Å². The Morgan fingerprint density at radius 2 is 2.10 bits per heavy atom. The summed E-state index contributed by atoms with van der Waals surface area (Å²) in [5.74, 6) is 0.749. The Hall–Kier alpha value is -2.14. The molecule has 0 bridgehead atoms. The van der Waals surface area contributed by atoms with Crippen molar-refractivity contribution in [2.75, 3.05) is 14.2 Å². The highest BCUT2D eigenvalue weighted by Crippen LogP contribution is 2.13. The van der Waals surface area contributed by atoms with Crippen LogP contribution >= 0.6 is 0 Å². The minimum Gasteiger partial charge on any atom is -0.469 e. The number of ether oxygens (including phenoxy) is 1. The topological polar surface area (TPSA) is 56.2 Å². The van der Waals surface area contributed by atoms with E-state index < -0.39 is 0 Å². The van der Waals surface area contributed by atoms with Crippen LogP contribution < -0.4 is 5.32 Å². The molecule has 0 aliphatic carbocycles. The minimum absolute atomic E-state index is 0.224. The van der Waals surface area contributed by atoms with Gasteiger partial charge in [0.25, 0.3) is 0 Å². The molecule has 5 heteroatoms. The molecule has 0 radical (unpaired) electrons. The number of hydrogen-bond donors (Lipinski definition) is 1. The van der Waals surface area contributed by atoms with Crippen molar-refractivity contribution in [1.29, 1.82) is 0 Å². The number of methoxy groups -OCH3 is 1. The van der Waals surface area contributed by atoms with E-state index in [9.17, 15) is 4.79 Å². The van der Waals surface area contributed by atoms with Crippen molar-refractivity contribution in [3.05, 3.63) is 53.6 Å². The predicted molar refractivity (Wildman–Crippen MR) is 76.3 cm³/mol. The Bertz CT molecular complexity index is 578. The molecule has 0 spiro atoms. The van der Waals surface area contributed by atoms with Gasteiger partial charge >= 0.3 is 5.97 Å². The van der Waals surface area contributed by atoms with E-state index in [2.05, 4.69) is 14.9 Å². The van der Waals surface area contributed by atoms with Gasteiger partial charge in [-0.05, 0) is 18.2 Å². The third kappa shape index (κ3) is 3.45. The number of esters is 1. The monoisotopic (exact) mass is 273 g/mol. The SMILES string of the molecule is CNCc1nccn1Cc1ccccc1CC(=O)OC. The number of hydrogen-bond acceptors (Lipinski definition) is 4. The molecule has 0 unspecified atom stereocenters. The maximum Gasteiger partial charge on any atom is 0.309 e. The molecule has 2 rings (SSSR count). The third-order valence-electron chi connectivity index (χ3n) is 3.16. The molecule has 0 atom stereocenters. The maximum atomic E-state index is 11.5. The first-order chi connectivity index (χ1) is 9.74. The molecule has 0 aliphatic heterocycles. The largest absolute Gasteiger partial charge is 0.469 e. The Morgan fingerprint density at radius 1 is 1.35 bits per heavy atom. The number of imidazole rings is 1. The molecule has 0 saturated carbocycles. The van der Waals surface area contributed by atoms with Gasteiger partial charge in [0.15, 0.2) is 0 Å². The number of benzene rings is 1. The van der Waals surface area contributed by atoms with Gasteiger partial charge in [-0.25, -0.2) is 4.98 Å². The van der Waals surface area contributed by atoms with Gasteiger partial charge in [-0.2, -0.15) is 0 Å². The lowest BCUT2D eigenvalue weighted by Crippen LogP contribution is -2.14. The first-order valence-electron chi connectivity index (χ1n) is 6.52. The number of rotatable bonds is 6. The Balaban J connectivity index is 2.20. The Morgan fingerprint density at radius 3 is 2.80 bits per heavy atom. The molecule has 2 aromatic rings. The average Bonchev–Trinajstić information content (AvgIpc) is 2.88. The van der Waals surface area contributed by atoms with Crippen LogP contribution in [0.5, 0.6) is 0 Å². The molecular formula is C15H19N3O2. The molecule has 1 N–H and O–H groups in total. The van der Waals surface area contributed by atoms with Crippen molar-refractivity contribution < 1.29 is 9.53 Å². The Kier molecular flexibility index (Phi) is 4.90. The van der Waals surface area contributed by atoms with E-state index in [0.717, 1.165) is 17.0 Å². The fourth-order valence-electron chi connectivity index (χ4n) is 2.10. The van der Waals surface area contributed by atoms with Gasteiger partial charge in [0.1, 0.15) is 5.82 Å². The molecular weight excluding hydrogens is 254 g/mol. The first-order valence-corrected chi connectivity index (χ1v) is 6.52. The number of nitrogens with zero attached hydrogens (tertiary/aromatic N) is 2. The van der Waals surface area contributed by atoms with Crippen molar-refractivity contribution in [3.63, 3.8) is 0 Å². The number of carbonyl (C=O) groups is 1. The highest BCUT2D eigenvalue weighted by atomic mass is 16.5. The molecule has 0 aliphatic rings. The zero-order chi connectivity index (χ0) is 14.4. The first kappa shape index (κ1) is 14.3. The van der Waals surface area contributed by atoms with Crippen molar-refractivity contribution in [3.8, 4) is 0 Å². The summed E-state index contributed by atoms with van der Waals surface area (Å²) in [6.07, 6.45) is 4.03. The van der Waals surface area contributed by atoms with Crippen LogP contribution in [0.25, 0.3) is 0 Å². The zero-order valence-corrected chi connectivity index (χ0v) is 11.8. The van der Waals surface area contributed by atoms with Gasteiger partial charge in [0.2, 0.25) is 0 Å². The van der Waals surface area contributed by atoms with Crippen LogP contribution in [0.2, 0.25) is 0 Å². The summed E-state index contributed by atoms with van der Waals surface area (Å²) in [6.45, 7) is 1.41. The second-order valence-corrected chi connectivity index (χ2v) is 4.52. The maximum absolute atomic E-state index is 11.5. The molecule has 20 heavy (non-hydrogen) atoms. The van der Waals surface area contributed by atoms with E-state index in [1.54, 1.807) is 6.20 Å². The van der Waals surface area contributed by atoms with Crippen molar-refractivity contribution in [1.82, 2.24) is 14.9 Å². The van der Waals surface area contributed by atoms with E-state index in [1.165, 1.54) is 7.11 Å². The van der Waals surface area contributed by atoms with Gasteiger partial charge in [-0.15, -0.1) is 0 Å². The second kappa shape index (κ2) is 6.86. The third-order valence-corrected chi connectivity index (χ3v) is 3.16. The summed E-state index contributed by atoms with van der Waals surface area (Å²) in [6, 6.07) is 7.90. The van der Waals surface area contributed by atoms with Crippen molar-refractivity contribution in [2.45, 2.75) is 19.5 Å². The summed E-state index contributed by atoms with van der Waals surface area (Å²) < 4.78 is 6.81. The van der Waals surface area contributed by atoms with Crippen LogP contribution in [-0.2, 0) is 29.0 Å². The Labute approximate surface area is 118 Å². The summed E-state index contributed by atoms with van der Waals surface area (Å²) >= 11 is 0. The van der Waals surface area contributed by atoms with Gasteiger partial charge in [-0.3, -0.25) is 4.79 Å². The predicted octanol–water partition coefficient (Wildman–Crippen LogP) is 1.37. The molecule has 1 aromatic carbocycles. The van der Waals surface area contributed by atoms with Gasteiger partial charge in [-0.1, -0.05) is 24.3 Å². The highest BCUT2D eigenvalue weighted by molar-refractivity contribution is 5.72. The standard InChI is InChI=1S/C15H19N3O2/c1-16-10-14-17-7-8-18(14)11-13-6-4-3-5-12(13)9-15(19)20-2/h3-8,16H,9-11H2,1-2H3. The summed E-state index contributed by atoms with van der Waals surface area (Å²) in [4.78, 5) is 15.8. The molecule has 5 nitrogen and oxygen atoms in total. The molecule has 1 heterocycles. The lowest BCUT2D eigenvalue weighted by atomic mass is 10.0. The molecule has 106 valence electrons. The summed E-state index contributed by atoms with van der Waals surface area (Å²) in [5.41, 5.74) is 2.09. The smallest absolute Gasteiger partial charge is 0.309 e. The van der Waals surface area contributed by atoms with E-state index >= 15 is 0 Å². The van der Waals surface area contributed by atoms with Crippen LogP contribution in [0, 0.1) is 0 Å². The van der Waals surface area contributed by atoms with Gasteiger partial charge < -0.3 is 14.6 Å². The lowest BCUT2D eigenvalue weighted by molar-refractivity contribution is -0.139. The molecule has 1 aromatic heterocycles. The fourth-order valence-corrected chi connectivity index (χ4v) is 2.10. The number of nitrogens with one attached hydrogen (secondary N) is 1. The zero-order valence-electron chi connectivity index (χ0n) is 11.8. The lowest BCUT2D eigenvalue weighted by Gasteiger charge is -2.11.